The minimum Gasteiger partial charge on any atom is -0.387 e. The number of nitrogens with one attached hydrogen (secondary N) is 1. The summed E-state index contributed by atoms with van der Waals surface area (Å²) < 4.78 is 27.0. The van der Waals surface area contributed by atoms with Gasteiger partial charge in [0.15, 0.2) is 0 Å². The number of hydrogen-bond donors (Lipinski definition) is 2. The number of nitrogens with zero attached hydrogens (tertiary/aromatic N) is 1. The molecule has 0 atom stereocenters. The third-order valence-electron chi connectivity index (χ3n) is 2.61. The number of rotatable bonds is 5. The topological polar surface area (TPSA) is 69.6 Å². The lowest BCUT2D eigenvalue weighted by Crippen LogP contribution is -2.65. The lowest BCUT2D eigenvalue weighted by atomic mass is 9.94. The second-order valence-electron chi connectivity index (χ2n) is 4.59. The Balaban J connectivity index is 2.45. The smallest absolute Gasteiger partial charge is 0.279 e. The van der Waals surface area contributed by atoms with Crippen LogP contribution < -0.4 is 4.72 Å². The van der Waals surface area contributed by atoms with Crippen molar-refractivity contribution in [2.24, 2.45) is 5.92 Å². The average molecular weight is 236 g/mol. The number of hydrogen-bond acceptors (Lipinski definition) is 3. The van der Waals surface area contributed by atoms with Crippen LogP contribution in [0.15, 0.2) is 0 Å². The van der Waals surface area contributed by atoms with Crippen molar-refractivity contribution in [2.75, 3.05) is 19.6 Å². The van der Waals surface area contributed by atoms with E-state index in [1.165, 1.54) is 4.31 Å². The Bertz CT molecular complexity index is 307. The van der Waals surface area contributed by atoms with E-state index < -0.39 is 15.8 Å². The predicted octanol–water partition coefficient (Wildman–Crippen LogP) is -0.0665. The van der Waals surface area contributed by atoms with Gasteiger partial charge in [-0.3, -0.25) is 0 Å². The third kappa shape index (κ3) is 3.14. The summed E-state index contributed by atoms with van der Waals surface area (Å²) in [5, 5.41) is 9.70. The molecular formula is C9H20N2O3S. The van der Waals surface area contributed by atoms with Gasteiger partial charge < -0.3 is 5.11 Å². The SMILES string of the molecule is CCC1(O)CN(S(=O)(=O)NCC(C)C)C1. The van der Waals surface area contributed by atoms with E-state index in [-0.39, 0.29) is 19.0 Å². The summed E-state index contributed by atoms with van der Waals surface area (Å²) in [7, 11) is -3.38. The minimum atomic E-state index is -3.38. The van der Waals surface area contributed by atoms with Gasteiger partial charge in [0.2, 0.25) is 0 Å². The highest BCUT2D eigenvalue weighted by atomic mass is 32.2. The van der Waals surface area contributed by atoms with Crippen molar-refractivity contribution in [3.8, 4) is 0 Å². The molecule has 2 N–H and O–H groups in total. The minimum absolute atomic E-state index is 0.205. The molecule has 0 aliphatic carbocycles. The second kappa shape index (κ2) is 4.37. The monoisotopic (exact) mass is 236 g/mol. The van der Waals surface area contributed by atoms with Crippen LogP contribution in [0.5, 0.6) is 0 Å². The Morgan fingerprint density at radius 2 is 2.00 bits per heavy atom. The molecule has 0 bridgehead atoms. The molecule has 1 heterocycles. The van der Waals surface area contributed by atoms with Gasteiger partial charge in [-0.15, -0.1) is 0 Å². The van der Waals surface area contributed by atoms with Crippen molar-refractivity contribution in [2.45, 2.75) is 32.8 Å². The van der Waals surface area contributed by atoms with Gasteiger partial charge in [0.25, 0.3) is 10.2 Å². The van der Waals surface area contributed by atoms with Crippen LogP contribution in [0.25, 0.3) is 0 Å². The van der Waals surface area contributed by atoms with Gasteiger partial charge in [-0.25, -0.2) is 4.72 Å². The van der Waals surface area contributed by atoms with Crippen LogP contribution in [-0.2, 0) is 10.2 Å². The first-order chi connectivity index (χ1) is 6.79. The van der Waals surface area contributed by atoms with Gasteiger partial charge in [0.05, 0.1) is 5.60 Å². The molecule has 1 rings (SSSR count). The van der Waals surface area contributed by atoms with E-state index in [0.717, 1.165) is 0 Å². The molecule has 0 unspecified atom stereocenters. The largest absolute Gasteiger partial charge is 0.387 e. The Morgan fingerprint density at radius 3 is 2.40 bits per heavy atom. The van der Waals surface area contributed by atoms with E-state index in [2.05, 4.69) is 4.72 Å². The first-order valence-corrected chi connectivity index (χ1v) is 6.70. The molecule has 0 saturated carbocycles. The first-order valence-electron chi connectivity index (χ1n) is 5.26. The normalized spacial score (nSPS) is 21.7. The van der Waals surface area contributed by atoms with E-state index in [0.29, 0.717) is 13.0 Å². The molecular weight excluding hydrogens is 216 g/mol. The van der Waals surface area contributed by atoms with Crippen LogP contribution in [0, 0.1) is 5.92 Å². The average Bonchev–Trinajstić information content (AvgIpc) is 2.10. The zero-order chi connectivity index (χ0) is 11.7. The highest BCUT2D eigenvalue weighted by Crippen LogP contribution is 2.25. The van der Waals surface area contributed by atoms with E-state index in [9.17, 15) is 13.5 Å². The van der Waals surface area contributed by atoms with Gasteiger partial charge in [-0.2, -0.15) is 12.7 Å². The van der Waals surface area contributed by atoms with Gasteiger partial charge in [0, 0.05) is 19.6 Å². The molecule has 0 amide bonds. The Morgan fingerprint density at radius 1 is 1.47 bits per heavy atom. The lowest BCUT2D eigenvalue weighted by Gasteiger charge is -2.44. The fourth-order valence-electron chi connectivity index (χ4n) is 1.37. The van der Waals surface area contributed by atoms with Gasteiger partial charge >= 0.3 is 0 Å². The molecule has 90 valence electrons. The van der Waals surface area contributed by atoms with Crippen LogP contribution >= 0.6 is 0 Å². The molecule has 15 heavy (non-hydrogen) atoms. The van der Waals surface area contributed by atoms with Gasteiger partial charge in [0.1, 0.15) is 0 Å². The molecule has 1 fully saturated rings. The van der Waals surface area contributed by atoms with Crippen LogP contribution in [0.3, 0.4) is 0 Å². The third-order valence-corrected chi connectivity index (χ3v) is 4.08. The lowest BCUT2D eigenvalue weighted by molar-refractivity contribution is -0.0618. The van der Waals surface area contributed by atoms with Crippen LogP contribution in [0.4, 0.5) is 0 Å². The maximum Gasteiger partial charge on any atom is 0.279 e. The molecule has 0 radical (unpaired) electrons. The van der Waals surface area contributed by atoms with Crippen LogP contribution in [-0.4, -0.2) is 43.1 Å². The zero-order valence-corrected chi connectivity index (χ0v) is 10.3. The molecule has 1 aliphatic heterocycles. The molecule has 0 spiro atoms. The summed E-state index contributed by atoms with van der Waals surface area (Å²) in [5.41, 5.74) is -0.813. The molecule has 6 heteroatoms. The maximum absolute atomic E-state index is 11.6. The van der Waals surface area contributed by atoms with Crippen molar-refractivity contribution < 1.29 is 13.5 Å². The van der Waals surface area contributed by atoms with Crippen molar-refractivity contribution >= 4 is 10.2 Å². The van der Waals surface area contributed by atoms with E-state index in [4.69, 9.17) is 0 Å². The van der Waals surface area contributed by atoms with Crippen LogP contribution in [0.2, 0.25) is 0 Å². The Labute approximate surface area is 91.7 Å². The first kappa shape index (κ1) is 12.9. The predicted molar refractivity (Wildman–Crippen MR) is 58.6 cm³/mol. The van der Waals surface area contributed by atoms with Gasteiger partial charge in [-0.1, -0.05) is 20.8 Å². The Hall–Kier alpha value is -0.170. The molecule has 0 aromatic rings. The zero-order valence-electron chi connectivity index (χ0n) is 9.52. The molecule has 1 saturated heterocycles. The Kier molecular flexibility index (Phi) is 3.76. The summed E-state index contributed by atoms with van der Waals surface area (Å²) in [4.78, 5) is 0. The molecule has 5 nitrogen and oxygen atoms in total. The van der Waals surface area contributed by atoms with Crippen molar-refractivity contribution in [3.63, 3.8) is 0 Å². The fraction of sp³-hybridized carbons (Fsp3) is 1.00. The van der Waals surface area contributed by atoms with E-state index in [1.807, 2.05) is 20.8 Å². The van der Waals surface area contributed by atoms with E-state index in [1.54, 1.807) is 0 Å². The summed E-state index contributed by atoms with van der Waals surface area (Å²) in [6, 6.07) is 0. The summed E-state index contributed by atoms with van der Waals surface area (Å²) in [5.74, 6) is 0.283. The van der Waals surface area contributed by atoms with E-state index >= 15 is 0 Å². The fourth-order valence-corrected chi connectivity index (χ4v) is 2.91. The number of aliphatic hydroxyl groups is 1. The molecule has 0 aromatic heterocycles. The summed E-state index contributed by atoms with van der Waals surface area (Å²) >= 11 is 0. The highest BCUT2D eigenvalue weighted by molar-refractivity contribution is 7.87. The summed E-state index contributed by atoms with van der Waals surface area (Å²) in [6.45, 7) is 6.59. The standard InChI is InChI=1S/C9H20N2O3S/c1-4-9(12)6-11(7-9)15(13,14)10-5-8(2)3/h8,10,12H,4-7H2,1-3H3. The van der Waals surface area contributed by atoms with Gasteiger partial charge in [-0.05, 0) is 12.3 Å². The van der Waals surface area contributed by atoms with Crippen LogP contribution in [0.1, 0.15) is 27.2 Å². The quantitative estimate of drug-likeness (QED) is 0.702. The van der Waals surface area contributed by atoms with Crippen molar-refractivity contribution in [3.05, 3.63) is 0 Å². The molecule has 1 aliphatic rings. The highest BCUT2D eigenvalue weighted by Gasteiger charge is 2.45. The number of β-amino-alcohol motifs (C(OH)–C–C–N with tert-alkyl or cyclic N) is 1. The second-order valence-corrected chi connectivity index (χ2v) is 6.35. The van der Waals surface area contributed by atoms with Crippen molar-refractivity contribution in [1.82, 2.24) is 9.03 Å². The van der Waals surface area contributed by atoms with Crippen molar-refractivity contribution in [1.29, 1.82) is 0 Å². The molecule has 0 aromatic carbocycles. The maximum atomic E-state index is 11.6. The summed E-state index contributed by atoms with van der Waals surface area (Å²) in [6.07, 6.45) is 0.587.